The number of hydrogen-bond acceptors (Lipinski definition) is 5. The Kier molecular flexibility index (Phi) is 7.09. The third-order valence-electron chi connectivity index (χ3n) is 7.24. The number of benzene rings is 2. The molecule has 0 aliphatic carbocycles. The molecule has 3 aromatic rings. The van der Waals surface area contributed by atoms with Crippen LogP contribution in [0.15, 0.2) is 66.9 Å². The number of fused-ring (bicyclic) bond motifs is 2. The van der Waals surface area contributed by atoms with Crippen molar-refractivity contribution < 1.29 is 14.2 Å². The molecule has 0 unspecified atom stereocenters. The van der Waals surface area contributed by atoms with Crippen LogP contribution < -0.4 is 9.47 Å². The molecule has 0 radical (unpaired) electrons. The minimum absolute atomic E-state index is 0.238. The zero-order chi connectivity index (χ0) is 24.3. The molecular weight excluding hydrogens is 460 g/mol. The van der Waals surface area contributed by atoms with E-state index in [-0.39, 0.29) is 5.60 Å². The molecule has 1 aromatic heterocycles. The fourth-order valence-corrected chi connectivity index (χ4v) is 5.30. The molecule has 6 heteroatoms. The zero-order valence-electron chi connectivity index (χ0n) is 20.3. The lowest BCUT2D eigenvalue weighted by Gasteiger charge is -2.41. The lowest BCUT2D eigenvalue weighted by atomic mass is 9.84. The second-order valence-electron chi connectivity index (χ2n) is 9.10. The van der Waals surface area contributed by atoms with Gasteiger partial charge in [0, 0.05) is 49.1 Å². The number of hydrogen-bond donors (Lipinski definition) is 0. The molecule has 1 fully saturated rings. The predicted octanol–water partition coefficient (Wildman–Crippen LogP) is 6.10. The SMILES string of the molecule is COc1ccc2c(c1)/C(=C\CCN1CCC(OC)(c3ccc(Cl)cc3)CC1)c1cccnc1CO2. The average molecular weight is 491 g/mol. The number of pyridine rings is 1. The van der Waals surface area contributed by atoms with E-state index in [1.54, 1.807) is 7.11 Å². The maximum Gasteiger partial charge on any atom is 0.131 e. The van der Waals surface area contributed by atoms with E-state index in [0.29, 0.717) is 6.61 Å². The number of ether oxygens (including phenoxy) is 3. The van der Waals surface area contributed by atoms with Gasteiger partial charge < -0.3 is 19.1 Å². The second-order valence-corrected chi connectivity index (χ2v) is 9.54. The highest BCUT2D eigenvalue weighted by atomic mass is 35.5. The maximum absolute atomic E-state index is 6.10. The molecule has 0 N–H and O–H groups in total. The van der Waals surface area contributed by atoms with Crippen molar-refractivity contribution in [2.24, 2.45) is 0 Å². The molecular formula is C29H31ClN2O3. The molecule has 2 aromatic carbocycles. The van der Waals surface area contributed by atoms with Gasteiger partial charge in [0.15, 0.2) is 0 Å². The fourth-order valence-electron chi connectivity index (χ4n) is 5.18. The topological polar surface area (TPSA) is 43.8 Å². The predicted molar refractivity (Wildman–Crippen MR) is 139 cm³/mol. The van der Waals surface area contributed by atoms with Gasteiger partial charge in [-0.05, 0) is 66.8 Å². The Morgan fingerprint density at radius 2 is 1.86 bits per heavy atom. The van der Waals surface area contributed by atoms with Gasteiger partial charge in [-0.2, -0.15) is 0 Å². The van der Waals surface area contributed by atoms with Gasteiger partial charge >= 0.3 is 0 Å². The Balaban J connectivity index is 1.32. The number of methoxy groups -OCH3 is 2. The molecule has 0 atom stereocenters. The van der Waals surface area contributed by atoms with Crippen molar-refractivity contribution in [2.75, 3.05) is 33.9 Å². The molecule has 0 saturated carbocycles. The molecule has 2 aliphatic heterocycles. The number of likely N-dealkylation sites (tertiary alicyclic amines) is 1. The van der Waals surface area contributed by atoms with Crippen molar-refractivity contribution in [3.8, 4) is 11.5 Å². The lowest BCUT2D eigenvalue weighted by Crippen LogP contribution is -2.44. The van der Waals surface area contributed by atoms with Crippen molar-refractivity contribution >= 4 is 17.2 Å². The maximum atomic E-state index is 6.10. The highest BCUT2D eigenvalue weighted by molar-refractivity contribution is 6.30. The van der Waals surface area contributed by atoms with Crippen LogP contribution >= 0.6 is 11.6 Å². The van der Waals surface area contributed by atoms with Crippen molar-refractivity contribution in [1.29, 1.82) is 0 Å². The van der Waals surface area contributed by atoms with Crippen LogP contribution in [0.25, 0.3) is 5.57 Å². The van der Waals surface area contributed by atoms with Crippen LogP contribution in [0.2, 0.25) is 5.02 Å². The average Bonchev–Trinajstić information content (AvgIpc) is 3.06. The Morgan fingerprint density at radius 1 is 1.06 bits per heavy atom. The monoisotopic (exact) mass is 490 g/mol. The summed E-state index contributed by atoms with van der Waals surface area (Å²) in [5, 5.41) is 0.755. The molecule has 35 heavy (non-hydrogen) atoms. The van der Waals surface area contributed by atoms with Crippen molar-refractivity contribution in [3.63, 3.8) is 0 Å². The molecule has 0 spiro atoms. The van der Waals surface area contributed by atoms with Gasteiger partial charge in [0.2, 0.25) is 0 Å². The molecule has 182 valence electrons. The Bertz CT molecular complexity index is 1200. The first kappa shape index (κ1) is 23.9. The summed E-state index contributed by atoms with van der Waals surface area (Å²) in [6.07, 6.45) is 7.00. The Labute approximate surface area is 212 Å². The van der Waals surface area contributed by atoms with Crippen molar-refractivity contribution in [1.82, 2.24) is 9.88 Å². The third kappa shape index (κ3) is 4.94. The third-order valence-corrected chi connectivity index (χ3v) is 7.49. The number of piperidine rings is 1. The molecule has 5 rings (SSSR count). The summed E-state index contributed by atoms with van der Waals surface area (Å²) in [6, 6.07) is 18.2. The Morgan fingerprint density at radius 3 is 2.60 bits per heavy atom. The van der Waals surface area contributed by atoms with E-state index in [1.165, 1.54) is 5.56 Å². The number of halogens is 1. The summed E-state index contributed by atoms with van der Waals surface area (Å²) < 4.78 is 17.7. The normalized spacial score (nSPS) is 18.3. The van der Waals surface area contributed by atoms with E-state index in [1.807, 2.05) is 43.6 Å². The van der Waals surface area contributed by atoms with E-state index in [4.69, 9.17) is 25.8 Å². The highest BCUT2D eigenvalue weighted by Crippen LogP contribution is 2.39. The zero-order valence-corrected chi connectivity index (χ0v) is 21.1. The van der Waals surface area contributed by atoms with E-state index >= 15 is 0 Å². The molecule has 5 nitrogen and oxygen atoms in total. The summed E-state index contributed by atoms with van der Waals surface area (Å²) in [6.45, 7) is 3.43. The van der Waals surface area contributed by atoms with Crippen molar-refractivity contribution in [3.05, 3.63) is 94.3 Å². The van der Waals surface area contributed by atoms with Gasteiger partial charge in [0.05, 0.1) is 18.4 Å². The van der Waals surface area contributed by atoms with Gasteiger partial charge in [0.25, 0.3) is 0 Å². The summed E-state index contributed by atoms with van der Waals surface area (Å²) in [4.78, 5) is 7.10. The fraction of sp³-hybridized carbons (Fsp3) is 0.345. The molecule has 0 bridgehead atoms. The quantitative estimate of drug-likeness (QED) is 0.418. The highest BCUT2D eigenvalue weighted by Gasteiger charge is 2.36. The van der Waals surface area contributed by atoms with E-state index in [9.17, 15) is 0 Å². The first-order valence-corrected chi connectivity index (χ1v) is 12.5. The summed E-state index contributed by atoms with van der Waals surface area (Å²) in [7, 11) is 3.51. The number of nitrogens with zero attached hydrogens (tertiary/aromatic N) is 2. The van der Waals surface area contributed by atoms with Crippen LogP contribution in [0.4, 0.5) is 0 Å². The summed E-state index contributed by atoms with van der Waals surface area (Å²) in [5.74, 6) is 1.68. The van der Waals surface area contributed by atoms with Gasteiger partial charge in [-0.15, -0.1) is 0 Å². The second kappa shape index (κ2) is 10.4. The largest absolute Gasteiger partial charge is 0.497 e. The van der Waals surface area contributed by atoms with Gasteiger partial charge in [0.1, 0.15) is 18.1 Å². The standard InChI is InChI=1S/C29H31ClN2O3/c1-33-23-11-12-28-26(19-23)24(25-5-3-15-31-27(25)20-35-28)6-4-16-32-17-13-29(34-2,14-18-32)21-7-9-22(30)10-8-21/h3,5-12,15,19H,4,13-14,16-18,20H2,1-2H3/b24-6-. The van der Waals surface area contributed by atoms with Crippen LogP contribution in [0, 0.1) is 0 Å². The number of aromatic nitrogens is 1. The van der Waals surface area contributed by atoms with E-state index in [0.717, 1.165) is 77.8 Å². The molecule has 1 saturated heterocycles. The summed E-state index contributed by atoms with van der Waals surface area (Å²) in [5.41, 5.74) is 5.26. The first-order valence-electron chi connectivity index (χ1n) is 12.1. The van der Waals surface area contributed by atoms with Crippen molar-refractivity contribution in [2.45, 2.75) is 31.5 Å². The van der Waals surface area contributed by atoms with Crippen LogP contribution in [0.3, 0.4) is 0 Å². The molecule has 3 heterocycles. The molecule has 0 amide bonds. The van der Waals surface area contributed by atoms with Crippen LogP contribution in [-0.2, 0) is 16.9 Å². The van der Waals surface area contributed by atoms with Crippen LogP contribution in [0.5, 0.6) is 11.5 Å². The first-order chi connectivity index (χ1) is 17.1. The number of rotatable bonds is 6. The van der Waals surface area contributed by atoms with E-state index < -0.39 is 0 Å². The smallest absolute Gasteiger partial charge is 0.131 e. The van der Waals surface area contributed by atoms with Gasteiger partial charge in [-0.3, -0.25) is 4.98 Å². The minimum Gasteiger partial charge on any atom is -0.497 e. The van der Waals surface area contributed by atoms with Crippen LogP contribution in [-0.4, -0.2) is 43.7 Å². The van der Waals surface area contributed by atoms with E-state index in [2.05, 4.69) is 40.2 Å². The van der Waals surface area contributed by atoms with Crippen LogP contribution in [0.1, 0.15) is 41.6 Å². The van der Waals surface area contributed by atoms with Gasteiger partial charge in [-0.25, -0.2) is 0 Å². The molecule has 2 aliphatic rings. The summed E-state index contributed by atoms with van der Waals surface area (Å²) >= 11 is 6.10. The minimum atomic E-state index is -0.238. The lowest BCUT2D eigenvalue weighted by molar-refractivity contribution is -0.0621. The Hall–Kier alpha value is -2.86. The van der Waals surface area contributed by atoms with Gasteiger partial charge in [-0.1, -0.05) is 35.9 Å².